The van der Waals surface area contributed by atoms with Crippen LogP contribution in [-0.2, 0) is 14.4 Å². The van der Waals surface area contributed by atoms with E-state index in [2.05, 4.69) is 15.7 Å². The largest absolute Gasteiger partial charge is 0.495 e. The molecule has 0 bridgehead atoms. The molecule has 0 spiro atoms. The molecule has 2 aliphatic heterocycles. The van der Waals surface area contributed by atoms with Crippen LogP contribution in [0.4, 0.5) is 15.8 Å². The lowest BCUT2D eigenvalue weighted by Crippen LogP contribution is -2.43. The summed E-state index contributed by atoms with van der Waals surface area (Å²) in [6.07, 6.45) is 0. The van der Waals surface area contributed by atoms with Crippen LogP contribution in [0.5, 0.6) is 5.75 Å². The number of hydrogen-bond donors (Lipinski definition) is 1. The molecule has 4 rings (SSSR count). The lowest BCUT2D eigenvalue weighted by Gasteiger charge is -2.20. The first-order valence-corrected chi connectivity index (χ1v) is 9.21. The topological polar surface area (TPSA) is 104 Å². The van der Waals surface area contributed by atoms with Gasteiger partial charge in [-0.05, 0) is 36.4 Å². The van der Waals surface area contributed by atoms with Crippen LogP contribution in [0.15, 0.2) is 52.8 Å². The SMILES string of the molecule is COc1ccc(N2C(=O)[C@@H]3[C@@H](N=NN3CC(=O)Nc3cccc(F)c3)C2=O)cc1Cl. The van der Waals surface area contributed by atoms with E-state index in [-0.39, 0.29) is 22.9 Å². The van der Waals surface area contributed by atoms with Crippen molar-refractivity contribution in [1.82, 2.24) is 5.01 Å². The third kappa shape index (κ3) is 3.45. The summed E-state index contributed by atoms with van der Waals surface area (Å²) in [6, 6.07) is 7.79. The Morgan fingerprint density at radius 3 is 2.73 bits per heavy atom. The zero-order valence-electron chi connectivity index (χ0n) is 15.6. The molecule has 0 aliphatic carbocycles. The number of carbonyl (C=O) groups is 3. The Labute approximate surface area is 175 Å². The van der Waals surface area contributed by atoms with Crippen molar-refractivity contribution in [3.8, 4) is 5.75 Å². The highest BCUT2D eigenvalue weighted by atomic mass is 35.5. The number of ether oxygens (including phenoxy) is 1. The van der Waals surface area contributed by atoms with Crippen LogP contribution in [0.25, 0.3) is 0 Å². The summed E-state index contributed by atoms with van der Waals surface area (Å²) in [5, 5.41) is 11.6. The Morgan fingerprint density at radius 2 is 2.03 bits per heavy atom. The maximum Gasteiger partial charge on any atom is 0.263 e. The zero-order valence-corrected chi connectivity index (χ0v) is 16.3. The maximum absolute atomic E-state index is 13.3. The number of fused-ring (bicyclic) bond motifs is 1. The Balaban J connectivity index is 1.50. The normalized spacial score (nSPS) is 20.0. The Kier molecular flexibility index (Phi) is 5.08. The van der Waals surface area contributed by atoms with Crippen LogP contribution < -0.4 is 15.0 Å². The molecule has 0 saturated carbocycles. The molecule has 9 nitrogen and oxygen atoms in total. The number of nitrogens with one attached hydrogen (secondary N) is 1. The van der Waals surface area contributed by atoms with Crippen LogP contribution in [0.3, 0.4) is 0 Å². The molecule has 11 heteroatoms. The van der Waals surface area contributed by atoms with E-state index in [1.807, 2.05) is 0 Å². The number of imide groups is 1. The molecular formula is C19H15ClFN5O4. The summed E-state index contributed by atoms with van der Waals surface area (Å²) in [4.78, 5) is 39.0. The number of amides is 3. The van der Waals surface area contributed by atoms with Crippen molar-refractivity contribution in [2.75, 3.05) is 23.9 Å². The minimum Gasteiger partial charge on any atom is -0.495 e. The van der Waals surface area contributed by atoms with Crippen molar-refractivity contribution < 1.29 is 23.5 Å². The van der Waals surface area contributed by atoms with E-state index < -0.39 is 35.6 Å². The van der Waals surface area contributed by atoms with E-state index in [9.17, 15) is 18.8 Å². The van der Waals surface area contributed by atoms with E-state index in [0.717, 1.165) is 16.0 Å². The van der Waals surface area contributed by atoms with Gasteiger partial charge in [0, 0.05) is 5.69 Å². The molecule has 2 aliphatic rings. The molecule has 30 heavy (non-hydrogen) atoms. The van der Waals surface area contributed by atoms with Gasteiger partial charge in [-0.1, -0.05) is 22.9 Å². The molecule has 0 radical (unpaired) electrons. The second-order valence-electron chi connectivity index (χ2n) is 6.58. The Hall–Kier alpha value is -3.53. The summed E-state index contributed by atoms with van der Waals surface area (Å²) < 4.78 is 18.4. The predicted octanol–water partition coefficient (Wildman–Crippen LogP) is 2.42. The molecule has 2 aromatic rings. The van der Waals surface area contributed by atoms with E-state index in [1.54, 1.807) is 0 Å². The van der Waals surface area contributed by atoms with Gasteiger partial charge in [-0.25, -0.2) is 9.29 Å². The number of anilines is 2. The van der Waals surface area contributed by atoms with Gasteiger partial charge in [0.25, 0.3) is 11.8 Å². The summed E-state index contributed by atoms with van der Waals surface area (Å²) in [5.41, 5.74) is 0.528. The molecule has 0 unspecified atom stereocenters. The zero-order chi connectivity index (χ0) is 21.4. The standard InChI is InChI=1S/C19H15ClFN5O4/c1-30-14-6-5-12(8-13(14)20)26-18(28)16-17(19(26)29)25(24-23-16)9-15(27)22-11-4-2-3-10(21)7-11/h2-8,16-17H,9H2,1H3,(H,22,27)/t16-,17+/m1/s1. The van der Waals surface area contributed by atoms with E-state index in [0.29, 0.717) is 5.75 Å². The third-order valence-corrected chi connectivity index (χ3v) is 4.96. The van der Waals surface area contributed by atoms with E-state index in [1.165, 1.54) is 43.5 Å². The minimum absolute atomic E-state index is 0.237. The molecule has 1 N–H and O–H groups in total. The van der Waals surface area contributed by atoms with Crippen molar-refractivity contribution >= 4 is 40.7 Å². The third-order valence-electron chi connectivity index (χ3n) is 4.67. The number of halogens is 2. The van der Waals surface area contributed by atoms with E-state index in [4.69, 9.17) is 16.3 Å². The molecule has 1 fully saturated rings. The molecule has 3 amide bonds. The minimum atomic E-state index is -1.06. The molecule has 1 saturated heterocycles. The summed E-state index contributed by atoms with van der Waals surface area (Å²) in [5.74, 6) is -1.78. The van der Waals surface area contributed by atoms with Gasteiger partial charge < -0.3 is 10.1 Å². The first-order valence-electron chi connectivity index (χ1n) is 8.83. The first kappa shape index (κ1) is 19.8. The molecular weight excluding hydrogens is 417 g/mol. The molecule has 2 aromatic carbocycles. The number of methoxy groups -OCH3 is 1. The number of carbonyl (C=O) groups excluding carboxylic acids is 3. The predicted molar refractivity (Wildman–Crippen MR) is 105 cm³/mol. The van der Waals surface area contributed by atoms with Crippen molar-refractivity contribution in [1.29, 1.82) is 0 Å². The average Bonchev–Trinajstić information content (AvgIpc) is 3.21. The first-order chi connectivity index (χ1) is 14.4. The lowest BCUT2D eigenvalue weighted by molar-refractivity contribution is -0.123. The van der Waals surface area contributed by atoms with Gasteiger partial charge in [0.1, 0.15) is 18.1 Å². The van der Waals surface area contributed by atoms with E-state index >= 15 is 0 Å². The van der Waals surface area contributed by atoms with Gasteiger partial charge in [0.05, 0.1) is 17.8 Å². The number of hydrogen-bond acceptors (Lipinski definition) is 7. The van der Waals surface area contributed by atoms with Crippen LogP contribution >= 0.6 is 11.6 Å². The van der Waals surface area contributed by atoms with Crippen molar-refractivity contribution in [2.24, 2.45) is 10.3 Å². The summed E-state index contributed by atoms with van der Waals surface area (Å²) in [7, 11) is 1.45. The fourth-order valence-corrected chi connectivity index (χ4v) is 3.57. The molecule has 2 heterocycles. The second-order valence-corrected chi connectivity index (χ2v) is 6.99. The van der Waals surface area contributed by atoms with Crippen molar-refractivity contribution in [3.05, 3.63) is 53.3 Å². The molecule has 154 valence electrons. The van der Waals surface area contributed by atoms with Crippen LogP contribution in [0.2, 0.25) is 5.02 Å². The summed E-state index contributed by atoms with van der Waals surface area (Å²) in [6.45, 7) is -0.336. The monoisotopic (exact) mass is 431 g/mol. The Morgan fingerprint density at radius 1 is 1.23 bits per heavy atom. The van der Waals surface area contributed by atoms with Crippen molar-refractivity contribution in [3.63, 3.8) is 0 Å². The van der Waals surface area contributed by atoms with Crippen LogP contribution in [0.1, 0.15) is 0 Å². The van der Waals surface area contributed by atoms with Gasteiger partial charge in [0.15, 0.2) is 12.1 Å². The highest BCUT2D eigenvalue weighted by molar-refractivity contribution is 6.33. The summed E-state index contributed by atoms with van der Waals surface area (Å²) >= 11 is 6.10. The second kappa shape index (κ2) is 7.71. The highest BCUT2D eigenvalue weighted by Crippen LogP contribution is 2.35. The average molecular weight is 432 g/mol. The molecule has 2 atom stereocenters. The van der Waals surface area contributed by atoms with Gasteiger partial charge >= 0.3 is 0 Å². The molecule has 0 aromatic heterocycles. The highest BCUT2D eigenvalue weighted by Gasteiger charge is 2.55. The van der Waals surface area contributed by atoms with Gasteiger partial charge in [-0.15, -0.1) is 0 Å². The van der Waals surface area contributed by atoms with Crippen LogP contribution in [-0.4, -0.2) is 48.5 Å². The van der Waals surface area contributed by atoms with Gasteiger partial charge in [0.2, 0.25) is 5.91 Å². The fraction of sp³-hybridized carbons (Fsp3) is 0.211. The smallest absolute Gasteiger partial charge is 0.263 e. The lowest BCUT2D eigenvalue weighted by atomic mass is 10.1. The number of benzene rings is 2. The van der Waals surface area contributed by atoms with Gasteiger partial charge in [-0.3, -0.25) is 19.4 Å². The maximum atomic E-state index is 13.3. The van der Waals surface area contributed by atoms with Crippen molar-refractivity contribution in [2.45, 2.75) is 12.1 Å². The Bertz CT molecular complexity index is 1080. The van der Waals surface area contributed by atoms with Crippen LogP contribution in [0, 0.1) is 5.82 Å². The van der Waals surface area contributed by atoms with Gasteiger partial charge in [-0.2, -0.15) is 5.11 Å². The number of rotatable bonds is 5. The fourth-order valence-electron chi connectivity index (χ4n) is 3.32. The number of nitrogens with zero attached hydrogens (tertiary/aromatic N) is 4. The quantitative estimate of drug-likeness (QED) is 0.732.